The Bertz CT molecular complexity index is 372. The Balaban J connectivity index is 1.58. The van der Waals surface area contributed by atoms with E-state index in [1.165, 1.54) is 12.8 Å². The van der Waals surface area contributed by atoms with Gasteiger partial charge in [-0.1, -0.05) is 0 Å². The van der Waals surface area contributed by atoms with E-state index in [2.05, 4.69) is 0 Å². The summed E-state index contributed by atoms with van der Waals surface area (Å²) in [6, 6.07) is 0. The summed E-state index contributed by atoms with van der Waals surface area (Å²) in [7, 11) is 0. The van der Waals surface area contributed by atoms with Gasteiger partial charge in [-0.3, -0.25) is 0 Å². The summed E-state index contributed by atoms with van der Waals surface area (Å²) in [6.07, 6.45) is 10.9. The molecule has 2 atom stereocenters. The van der Waals surface area contributed by atoms with Gasteiger partial charge in [0.15, 0.2) is 11.6 Å². The van der Waals surface area contributed by atoms with E-state index in [9.17, 15) is 0 Å². The van der Waals surface area contributed by atoms with Crippen molar-refractivity contribution in [2.45, 2.75) is 87.0 Å². The Morgan fingerprint density at radius 2 is 0.950 bits per heavy atom. The van der Waals surface area contributed by atoms with Gasteiger partial charge >= 0.3 is 0 Å². The second-order valence-electron chi connectivity index (χ2n) is 7.31. The number of ether oxygens (including phenoxy) is 4. The molecule has 0 aromatic carbocycles. The van der Waals surface area contributed by atoms with Gasteiger partial charge in [-0.05, 0) is 51.4 Å². The SMILES string of the molecule is C1CC2(C1)O[C@@]1(CCCO1)C1(CCC1)O[C@@]21CCCO1. The molecular formula is C16H24O4. The van der Waals surface area contributed by atoms with Crippen molar-refractivity contribution in [1.29, 1.82) is 0 Å². The smallest absolute Gasteiger partial charge is 0.198 e. The van der Waals surface area contributed by atoms with Crippen molar-refractivity contribution in [3.63, 3.8) is 0 Å². The maximum atomic E-state index is 6.78. The Kier molecular flexibility index (Phi) is 2.34. The molecule has 2 aliphatic carbocycles. The lowest BCUT2D eigenvalue weighted by atomic mass is 9.65. The van der Waals surface area contributed by atoms with Gasteiger partial charge in [0.05, 0.1) is 13.2 Å². The molecule has 4 nitrogen and oxygen atoms in total. The monoisotopic (exact) mass is 280 g/mol. The van der Waals surface area contributed by atoms with Gasteiger partial charge in [0.2, 0.25) is 0 Å². The van der Waals surface area contributed by atoms with Gasteiger partial charge in [0.1, 0.15) is 11.2 Å². The lowest BCUT2D eigenvalue weighted by molar-refractivity contribution is -0.508. The fraction of sp³-hybridized carbons (Fsp3) is 1.00. The highest BCUT2D eigenvalue weighted by Gasteiger charge is 2.75. The van der Waals surface area contributed by atoms with E-state index in [-0.39, 0.29) is 11.2 Å². The summed E-state index contributed by atoms with van der Waals surface area (Å²) in [6.45, 7) is 1.63. The normalized spacial score (nSPS) is 48.0. The van der Waals surface area contributed by atoms with Crippen molar-refractivity contribution < 1.29 is 18.9 Å². The molecule has 0 aromatic rings. The van der Waals surface area contributed by atoms with Gasteiger partial charge in [-0.25, -0.2) is 0 Å². The van der Waals surface area contributed by atoms with Crippen LogP contribution in [0.25, 0.3) is 0 Å². The van der Waals surface area contributed by atoms with E-state index in [0.717, 1.165) is 64.6 Å². The van der Waals surface area contributed by atoms with E-state index < -0.39 is 11.6 Å². The van der Waals surface area contributed by atoms with Gasteiger partial charge in [-0.15, -0.1) is 0 Å². The molecule has 112 valence electrons. The maximum absolute atomic E-state index is 6.78. The largest absolute Gasteiger partial charge is 0.347 e. The number of hydrogen-bond acceptors (Lipinski definition) is 4. The molecule has 3 saturated heterocycles. The average molecular weight is 280 g/mol. The molecule has 5 rings (SSSR count). The molecule has 0 N–H and O–H groups in total. The quantitative estimate of drug-likeness (QED) is 0.683. The first-order valence-electron chi connectivity index (χ1n) is 8.42. The average Bonchev–Trinajstić information content (AvgIpc) is 2.98. The molecule has 4 spiro atoms. The molecule has 3 heterocycles. The van der Waals surface area contributed by atoms with Crippen molar-refractivity contribution in [2.24, 2.45) is 0 Å². The predicted molar refractivity (Wildman–Crippen MR) is 71.2 cm³/mol. The molecule has 0 aromatic heterocycles. The third kappa shape index (κ3) is 1.24. The van der Waals surface area contributed by atoms with Gasteiger partial charge in [-0.2, -0.15) is 0 Å². The van der Waals surface area contributed by atoms with Crippen molar-refractivity contribution in [2.75, 3.05) is 13.2 Å². The van der Waals surface area contributed by atoms with Crippen LogP contribution in [0.4, 0.5) is 0 Å². The second-order valence-corrected chi connectivity index (χ2v) is 7.31. The Labute approximate surface area is 120 Å². The second kappa shape index (κ2) is 3.78. The van der Waals surface area contributed by atoms with Crippen LogP contribution in [0.1, 0.15) is 64.2 Å². The fourth-order valence-electron chi connectivity index (χ4n) is 5.04. The molecule has 20 heavy (non-hydrogen) atoms. The number of rotatable bonds is 0. The predicted octanol–water partition coefficient (Wildman–Crippen LogP) is 2.89. The summed E-state index contributed by atoms with van der Waals surface area (Å²) < 4.78 is 25.9. The van der Waals surface area contributed by atoms with E-state index in [1.807, 2.05) is 0 Å². The van der Waals surface area contributed by atoms with Gasteiger partial charge < -0.3 is 18.9 Å². The number of fused-ring (bicyclic) bond motifs is 2. The molecule has 5 fully saturated rings. The standard InChI is InChI=1S/C16H24O4/c1-5-13(6-1)15(9-3-11-17-15)20-14(7-2-8-14)16(19-13)10-4-12-18-16/h1-12H2/t15-,16-/m0/s1. The Morgan fingerprint density at radius 1 is 0.500 bits per heavy atom. The summed E-state index contributed by atoms with van der Waals surface area (Å²) in [5.41, 5.74) is -0.455. The third-order valence-corrected chi connectivity index (χ3v) is 6.40. The van der Waals surface area contributed by atoms with Crippen LogP contribution in [0.2, 0.25) is 0 Å². The zero-order valence-electron chi connectivity index (χ0n) is 12.1. The molecule has 2 saturated carbocycles. The Morgan fingerprint density at radius 3 is 1.20 bits per heavy atom. The van der Waals surface area contributed by atoms with E-state index in [1.54, 1.807) is 0 Å². The van der Waals surface area contributed by atoms with E-state index in [4.69, 9.17) is 18.9 Å². The minimum absolute atomic E-state index is 0.228. The molecule has 0 amide bonds. The summed E-state index contributed by atoms with van der Waals surface area (Å²) in [5.74, 6) is -0.939. The van der Waals surface area contributed by atoms with Crippen LogP contribution in [0.3, 0.4) is 0 Å². The van der Waals surface area contributed by atoms with Crippen LogP contribution in [-0.4, -0.2) is 36.0 Å². The minimum Gasteiger partial charge on any atom is -0.347 e. The van der Waals surface area contributed by atoms with Crippen molar-refractivity contribution in [3.05, 3.63) is 0 Å². The van der Waals surface area contributed by atoms with Crippen LogP contribution in [0.5, 0.6) is 0 Å². The van der Waals surface area contributed by atoms with Crippen LogP contribution in [0, 0.1) is 0 Å². The molecule has 0 unspecified atom stereocenters. The zero-order chi connectivity index (χ0) is 13.3. The molecule has 0 radical (unpaired) electrons. The Hall–Kier alpha value is -0.160. The van der Waals surface area contributed by atoms with Crippen molar-refractivity contribution >= 4 is 0 Å². The first kappa shape index (κ1) is 12.4. The summed E-state index contributed by atoms with van der Waals surface area (Å²) >= 11 is 0. The molecule has 5 aliphatic rings. The molecule has 4 heteroatoms. The van der Waals surface area contributed by atoms with Crippen LogP contribution >= 0.6 is 0 Å². The summed E-state index contributed by atoms with van der Waals surface area (Å²) in [5, 5.41) is 0. The maximum Gasteiger partial charge on any atom is 0.198 e. The molecule has 0 bridgehead atoms. The minimum atomic E-state index is -0.469. The first-order valence-corrected chi connectivity index (χ1v) is 8.42. The first-order chi connectivity index (χ1) is 9.74. The molecular weight excluding hydrogens is 256 g/mol. The van der Waals surface area contributed by atoms with E-state index in [0.29, 0.717) is 0 Å². The van der Waals surface area contributed by atoms with Gasteiger partial charge in [0.25, 0.3) is 0 Å². The fourth-order valence-corrected chi connectivity index (χ4v) is 5.04. The highest BCUT2D eigenvalue weighted by molar-refractivity contribution is 5.16. The molecule has 3 aliphatic heterocycles. The highest BCUT2D eigenvalue weighted by Crippen LogP contribution is 2.65. The topological polar surface area (TPSA) is 36.9 Å². The van der Waals surface area contributed by atoms with Crippen LogP contribution < -0.4 is 0 Å². The lowest BCUT2D eigenvalue weighted by Gasteiger charge is -2.67. The summed E-state index contributed by atoms with van der Waals surface area (Å²) in [4.78, 5) is 0. The lowest BCUT2D eigenvalue weighted by Crippen LogP contribution is -2.78. The number of hydrogen-bond donors (Lipinski definition) is 0. The zero-order valence-corrected chi connectivity index (χ0v) is 12.1. The van der Waals surface area contributed by atoms with Gasteiger partial charge in [0, 0.05) is 12.8 Å². The van der Waals surface area contributed by atoms with Crippen LogP contribution in [-0.2, 0) is 18.9 Å². The highest BCUT2D eigenvalue weighted by atomic mass is 16.8. The van der Waals surface area contributed by atoms with Crippen molar-refractivity contribution in [3.8, 4) is 0 Å². The third-order valence-electron chi connectivity index (χ3n) is 6.40. The van der Waals surface area contributed by atoms with E-state index >= 15 is 0 Å². The van der Waals surface area contributed by atoms with Crippen molar-refractivity contribution in [1.82, 2.24) is 0 Å². The van der Waals surface area contributed by atoms with Crippen LogP contribution in [0.15, 0.2) is 0 Å².